The highest BCUT2D eigenvalue weighted by molar-refractivity contribution is 8.00. The molecule has 0 amide bonds. The van der Waals surface area contributed by atoms with Gasteiger partial charge in [-0.2, -0.15) is 0 Å². The van der Waals surface area contributed by atoms with Crippen molar-refractivity contribution < 1.29 is 9.53 Å². The molecular weight excluding hydrogens is 248 g/mol. The summed E-state index contributed by atoms with van der Waals surface area (Å²) in [6.07, 6.45) is 0. The molecule has 0 saturated carbocycles. The summed E-state index contributed by atoms with van der Waals surface area (Å²) in [4.78, 5) is 16.2. The molecule has 0 N–H and O–H groups in total. The van der Waals surface area contributed by atoms with Crippen LogP contribution in [0.1, 0.15) is 10.5 Å². The van der Waals surface area contributed by atoms with Crippen LogP contribution in [0.5, 0.6) is 5.75 Å². The van der Waals surface area contributed by atoms with E-state index in [4.69, 9.17) is 4.74 Å². The Morgan fingerprint density at radius 3 is 2.67 bits per heavy atom. The summed E-state index contributed by atoms with van der Waals surface area (Å²) in [5, 5.41) is 0.795. The third-order valence-electron chi connectivity index (χ3n) is 3.01. The third-order valence-corrected chi connectivity index (χ3v) is 3.94. The lowest BCUT2D eigenvalue weighted by Gasteiger charge is -2.03. The molecule has 0 atom stereocenters. The fourth-order valence-electron chi connectivity index (χ4n) is 2.08. The van der Waals surface area contributed by atoms with E-state index in [1.165, 1.54) is 11.8 Å². The molecule has 1 aliphatic rings. The van der Waals surface area contributed by atoms with Crippen LogP contribution in [-0.4, -0.2) is 28.3 Å². The zero-order chi connectivity index (χ0) is 12.7. The molecular formula is C13H12N2O2S. The molecule has 4 nitrogen and oxygen atoms in total. The Bertz CT molecular complexity index is 617. The second-order valence-electron chi connectivity index (χ2n) is 4.07. The van der Waals surface area contributed by atoms with E-state index < -0.39 is 0 Å². The summed E-state index contributed by atoms with van der Waals surface area (Å²) in [5.41, 5.74) is 2.78. The first kappa shape index (κ1) is 11.3. The number of hydrogen-bond donors (Lipinski definition) is 0. The minimum absolute atomic E-state index is 0.111. The van der Waals surface area contributed by atoms with Crippen LogP contribution in [0.2, 0.25) is 0 Å². The Hall–Kier alpha value is -1.75. The molecule has 2 heterocycles. The van der Waals surface area contributed by atoms with E-state index >= 15 is 0 Å². The molecule has 5 heteroatoms. The van der Waals surface area contributed by atoms with Crippen molar-refractivity contribution in [3.63, 3.8) is 0 Å². The average Bonchev–Trinajstić information content (AvgIpc) is 2.92. The van der Waals surface area contributed by atoms with Crippen molar-refractivity contribution in [1.29, 1.82) is 0 Å². The van der Waals surface area contributed by atoms with Crippen LogP contribution in [-0.2, 0) is 0 Å². The SMILES string of the molecule is COc1ccc(-c2nc3n(c2C)C(=O)CS3)cc1. The quantitative estimate of drug-likeness (QED) is 0.832. The van der Waals surface area contributed by atoms with Crippen molar-refractivity contribution in [2.45, 2.75) is 12.1 Å². The highest BCUT2D eigenvalue weighted by Crippen LogP contribution is 2.33. The van der Waals surface area contributed by atoms with Crippen LogP contribution in [0, 0.1) is 6.92 Å². The number of methoxy groups -OCH3 is 1. The molecule has 0 saturated heterocycles. The molecule has 1 aromatic carbocycles. The summed E-state index contributed by atoms with van der Waals surface area (Å²) in [5.74, 6) is 1.42. The standard InChI is InChI=1S/C13H12N2O2S/c1-8-12(9-3-5-10(17-2)6-4-9)14-13-15(8)11(16)7-18-13/h3-6H,7H2,1-2H3. The predicted molar refractivity (Wildman–Crippen MR) is 70.3 cm³/mol. The number of carbonyl (C=O) groups excluding carboxylic acids is 1. The lowest BCUT2D eigenvalue weighted by Crippen LogP contribution is -2.08. The molecule has 0 radical (unpaired) electrons. The molecule has 0 aliphatic carbocycles. The van der Waals surface area contributed by atoms with Crippen molar-refractivity contribution in [2.24, 2.45) is 0 Å². The predicted octanol–water partition coefficient (Wildman–Crippen LogP) is 2.61. The monoisotopic (exact) mass is 260 g/mol. The lowest BCUT2D eigenvalue weighted by atomic mass is 10.1. The second kappa shape index (κ2) is 4.17. The molecule has 0 bridgehead atoms. The third kappa shape index (κ3) is 1.62. The van der Waals surface area contributed by atoms with E-state index in [1.54, 1.807) is 11.7 Å². The first-order chi connectivity index (χ1) is 8.70. The smallest absolute Gasteiger partial charge is 0.243 e. The number of carbonyl (C=O) groups is 1. The number of thioether (sulfide) groups is 1. The second-order valence-corrected chi connectivity index (χ2v) is 5.02. The minimum Gasteiger partial charge on any atom is -0.497 e. The van der Waals surface area contributed by atoms with E-state index in [0.717, 1.165) is 27.9 Å². The molecule has 18 heavy (non-hydrogen) atoms. The topological polar surface area (TPSA) is 44.1 Å². The Morgan fingerprint density at radius 2 is 2.06 bits per heavy atom. The van der Waals surface area contributed by atoms with Gasteiger partial charge >= 0.3 is 0 Å². The number of rotatable bonds is 2. The molecule has 92 valence electrons. The van der Waals surface area contributed by atoms with Crippen LogP contribution >= 0.6 is 11.8 Å². The van der Waals surface area contributed by atoms with Gasteiger partial charge in [-0.3, -0.25) is 9.36 Å². The molecule has 1 aliphatic heterocycles. The zero-order valence-electron chi connectivity index (χ0n) is 10.1. The van der Waals surface area contributed by atoms with E-state index in [9.17, 15) is 4.79 Å². The van der Waals surface area contributed by atoms with Crippen molar-refractivity contribution in [3.8, 4) is 17.0 Å². The Kier molecular flexibility index (Phi) is 2.63. The molecule has 2 aromatic rings. The number of ether oxygens (including phenoxy) is 1. The summed E-state index contributed by atoms with van der Waals surface area (Å²) < 4.78 is 6.83. The van der Waals surface area contributed by atoms with Gasteiger partial charge in [-0.05, 0) is 31.2 Å². The highest BCUT2D eigenvalue weighted by atomic mass is 32.2. The highest BCUT2D eigenvalue weighted by Gasteiger charge is 2.26. The van der Waals surface area contributed by atoms with Crippen molar-refractivity contribution in [2.75, 3.05) is 12.9 Å². The first-order valence-electron chi connectivity index (χ1n) is 5.60. The molecule has 0 fully saturated rings. The van der Waals surface area contributed by atoms with Crippen LogP contribution in [0.4, 0.5) is 0 Å². The maximum atomic E-state index is 11.7. The van der Waals surface area contributed by atoms with Gasteiger partial charge in [-0.15, -0.1) is 0 Å². The number of nitrogens with zero attached hydrogens (tertiary/aromatic N) is 2. The fraction of sp³-hybridized carbons (Fsp3) is 0.231. The number of benzene rings is 1. The number of aromatic nitrogens is 2. The Labute approximate surface area is 109 Å². The maximum Gasteiger partial charge on any atom is 0.243 e. The van der Waals surface area contributed by atoms with Crippen molar-refractivity contribution >= 4 is 17.7 Å². The van der Waals surface area contributed by atoms with Crippen molar-refractivity contribution in [1.82, 2.24) is 9.55 Å². The Balaban J connectivity index is 2.07. The Morgan fingerprint density at radius 1 is 1.33 bits per heavy atom. The minimum atomic E-state index is 0.111. The van der Waals surface area contributed by atoms with E-state index in [2.05, 4.69) is 4.98 Å². The number of fused-ring (bicyclic) bond motifs is 1. The van der Waals surface area contributed by atoms with E-state index in [1.807, 2.05) is 31.2 Å². The van der Waals surface area contributed by atoms with Gasteiger partial charge in [-0.25, -0.2) is 4.98 Å². The van der Waals surface area contributed by atoms with Gasteiger partial charge in [0.15, 0.2) is 5.16 Å². The molecule has 3 rings (SSSR count). The van der Waals surface area contributed by atoms with Gasteiger partial charge in [0, 0.05) is 5.56 Å². The van der Waals surface area contributed by atoms with Crippen LogP contribution < -0.4 is 4.74 Å². The van der Waals surface area contributed by atoms with Crippen LogP contribution in [0.15, 0.2) is 29.4 Å². The van der Waals surface area contributed by atoms with Crippen LogP contribution in [0.25, 0.3) is 11.3 Å². The normalized spacial score (nSPS) is 13.8. The summed E-state index contributed by atoms with van der Waals surface area (Å²) in [7, 11) is 1.64. The van der Waals surface area contributed by atoms with E-state index in [-0.39, 0.29) is 5.91 Å². The largest absolute Gasteiger partial charge is 0.497 e. The number of imidazole rings is 1. The lowest BCUT2D eigenvalue weighted by molar-refractivity contribution is 0.0937. The van der Waals surface area contributed by atoms with Gasteiger partial charge in [-0.1, -0.05) is 11.8 Å². The zero-order valence-corrected chi connectivity index (χ0v) is 11.0. The summed E-state index contributed by atoms with van der Waals surface area (Å²) in [6, 6.07) is 7.71. The summed E-state index contributed by atoms with van der Waals surface area (Å²) >= 11 is 1.49. The number of hydrogen-bond acceptors (Lipinski definition) is 4. The van der Waals surface area contributed by atoms with Gasteiger partial charge in [0.25, 0.3) is 0 Å². The fourth-order valence-corrected chi connectivity index (χ4v) is 2.98. The molecule has 0 unspecified atom stereocenters. The van der Waals surface area contributed by atoms with Gasteiger partial charge in [0.2, 0.25) is 5.91 Å². The molecule has 1 aromatic heterocycles. The van der Waals surface area contributed by atoms with E-state index in [0.29, 0.717) is 5.75 Å². The average molecular weight is 260 g/mol. The van der Waals surface area contributed by atoms with Gasteiger partial charge < -0.3 is 4.74 Å². The first-order valence-corrected chi connectivity index (χ1v) is 6.59. The summed E-state index contributed by atoms with van der Waals surface area (Å²) in [6.45, 7) is 1.93. The van der Waals surface area contributed by atoms with Gasteiger partial charge in [0.05, 0.1) is 24.3 Å². The van der Waals surface area contributed by atoms with Crippen molar-refractivity contribution in [3.05, 3.63) is 30.0 Å². The maximum absolute atomic E-state index is 11.7. The van der Waals surface area contributed by atoms with Gasteiger partial charge in [0.1, 0.15) is 5.75 Å². The molecule has 0 spiro atoms. The van der Waals surface area contributed by atoms with Crippen LogP contribution in [0.3, 0.4) is 0 Å².